The van der Waals surface area contributed by atoms with E-state index in [0.29, 0.717) is 31.0 Å². The number of hydrogen-bond acceptors (Lipinski definition) is 6. The van der Waals surface area contributed by atoms with Gasteiger partial charge in [-0.1, -0.05) is 90.1 Å². The van der Waals surface area contributed by atoms with Crippen LogP contribution < -0.4 is 5.76 Å². The van der Waals surface area contributed by atoms with Crippen molar-refractivity contribution in [3.05, 3.63) is 130 Å². The van der Waals surface area contributed by atoms with E-state index in [9.17, 15) is 9.59 Å². The van der Waals surface area contributed by atoms with Crippen molar-refractivity contribution >= 4 is 16.7 Å². The maximum absolute atomic E-state index is 13.8. The molecule has 2 aromatic heterocycles. The highest BCUT2D eigenvalue weighted by molar-refractivity contribution is 6.06. The van der Waals surface area contributed by atoms with E-state index in [-0.39, 0.29) is 11.9 Å². The molecule has 8 nitrogen and oxygen atoms in total. The zero-order valence-electron chi connectivity index (χ0n) is 20.0. The van der Waals surface area contributed by atoms with E-state index in [4.69, 9.17) is 4.52 Å². The molecule has 1 amide bonds. The summed E-state index contributed by atoms with van der Waals surface area (Å²) in [6.45, 7) is 1.41. The fraction of sp³-hybridized carbons (Fsp3) is 0.172. The molecule has 0 spiro atoms. The molecule has 6 rings (SSSR count). The molecule has 37 heavy (non-hydrogen) atoms. The van der Waals surface area contributed by atoms with Gasteiger partial charge in [0.15, 0.2) is 5.82 Å². The molecular formula is C29H25N5O3. The molecule has 3 heterocycles. The van der Waals surface area contributed by atoms with E-state index in [1.165, 1.54) is 0 Å². The van der Waals surface area contributed by atoms with Crippen molar-refractivity contribution in [1.29, 1.82) is 0 Å². The Hall–Kier alpha value is -4.56. The zero-order valence-corrected chi connectivity index (χ0v) is 20.0. The van der Waals surface area contributed by atoms with Crippen molar-refractivity contribution in [3.63, 3.8) is 0 Å². The van der Waals surface area contributed by atoms with Gasteiger partial charge in [0.05, 0.1) is 17.6 Å². The van der Waals surface area contributed by atoms with Crippen molar-refractivity contribution in [3.8, 4) is 0 Å². The number of rotatable bonds is 5. The van der Waals surface area contributed by atoms with Gasteiger partial charge in [-0.2, -0.15) is 0 Å². The van der Waals surface area contributed by atoms with Gasteiger partial charge < -0.3 is 4.90 Å². The lowest BCUT2D eigenvalue weighted by Crippen LogP contribution is -2.52. The molecule has 1 aliphatic heterocycles. The van der Waals surface area contributed by atoms with Gasteiger partial charge in [-0.25, -0.2) is 4.79 Å². The number of carbonyl (C=O) groups is 1. The van der Waals surface area contributed by atoms with Crippen LogP contribution in [0.15, 0.2) is 107 Å². The Balaban J connectivity index is 1.39. The van der Waals surface area contributed by atoms with Crippen molar-refractivity contribution in [2.24, 2.45) is 0 Å². The highest BCUT2D eigenvalue weighted by atomic mass is 16.5. The van der Waals surface area contributed by atoms with Crippen LogP contribution in [-0.4, -0.2) is 50.5 Å². The second-order valence-electron chi connectivity index (χ2n) is 9.12. The van der Waals surface area contributed by atoms with Crippen LogP contribution in [0.1, 0.15) is 39.4 Å². The van der Waals surface area contributed by atoms with Gasteiger partial charge in [-0.3, -0.25) is 24.2 Å². The molecule has 1 aliphatic rings. The Labute approximate surface area is 213 Å². The van der Waals surface area contributed by atoms with Gasteiger partial charge in [0.25, 0.3) is 5.91 Å². The summed E-state index contributed by atoms with van der Waals surface area (Å²) in [4.78, 5) is 36.8. The van der Waals surface area contributed by atoms with E-state index in [1.807, 2.05) is 65.6 Å². The minimum atomic E-state index is -0.618. The lowest BCUT2D eigenvalue weighted by atomic mass is 9.94. The fourth-order valence-electron chi connectivity index (χ4n) is 5.22. The summed E-state index contributed by atoms with van der Waals surface area (Å²) in [6.07, 6.45) is 3.39. The number of nitrogens with one attached hydrogen (secondary N) is 1. The van der Waals surface area contributed by atoms with Gasteiger partial charge in [-0.05, 0) is 16.5 Å². The summed E-state index contributed by atoms with van der Waals surface area (Å²) in [5.74, 6) is -0.321. The monoisotopic (exact) mass is 491 g/mol. The molecule has 1 N–H and O–H groups in total. The third-order valence-corrected chi connectivity index (χ3v) is 6.94. The predicted octanol–water partition coefficient (Wildman–Crippen LogP) is 4.20. The van der Waals surface area contributed by atoms with Crippen molar-refractivity contribution in [2.45, 2.75) is 12.1 Å². The van der Waals surface area contributed by atoms with Crippen LogP contribution in [0.25, 0.3) is 10.8 Å². The zero-order chi connectivity index (χ0) is 25.2. The minimum absolute atomic E-state index is 0.101. The molecule has 1 atom stereocenters. The van der Waals surface area contributed by atoms with E-state index in [2.05, 4.69) is 44.3 Å². The summed E-state index contributed by atoms with van der Waals surface area (Å²) < 4.78 is 4.89. The molecular weight excluding hydrogens is 466 g/mol. The van der Waals surface area contributed by atoms with E-state index < -0.39 is 11.8 Å². The van der Waals surface area contributed by atoms with Crippen LogP contribution in [0.4, 0.5) is 0 Å². The molecule has 184 valence electrons. The summed E-state index contributed by atoms with van der Waals surface area (Å²) in [5, 5.41) is 5.82. The first kappa shape index (κ1) is 22.9. The molecule has 8 heteroatoms. The summed E-state index contributed by atoms with van der Waals surface area (Å²) in [5.41, 5.74) is 2.78. The molecule has 0 unspecified atom stereocenters. The predicted molar refractivity (Wildman–Crippen MR) is 139 cm³/mol. The minimum Gasteiger partial charge on any atom is -0.335 e. The van der Waals surface area contributed by atoms with Gasteiger partial charge in [0, 0.05) is 37.4 Å². The van der Waals surface area contributed by atoms with Gasteiger partial charge >= 0.3 is 5.76 Å². The third-order valence-electron chi connectivity index (χ3n) is 6.94. The smallest absolute Gasteiger partial charge is 0.335 e. The average Bonchev–Trinajstić information content (AvgIpc) is 3.40. The van der Waals surface area contributed by atoms with Crippen LogP contribution in [0.5, 0.6) is 0 Å². The number of pyridine rings is 1. The Morgan fingerprint density at radius 3 is 2.24 bits per heavy atom. The molecule has 0 saturated carbocycles. The molecule has 1 saturated heterocycles. The molecule has 5 aromatic rings. The highest BCUT2D eigenvalue weighted by Crippen LogP contribution is 2.37. The van der Waals surface area contributed by atoms with E-state index in [0.717, 1.165) is 21.9 Å². The van der Waals surface area contributed by atoms with Crippen LogP contribution in [0.2, 0.25) is 0 Å². The summed E-state index contributed by atoms with van der Waals surface area (Å²) in [6, 6.07) is 27.7. The number of hydrogen-bond donors (Lipinski definition) is 1. The van der Waals surface area contributed by atoms with E-state index in [1.54, 1.807) is 12.4 Å². The van der Waals surface area contributed by atoms with Crippen molar-refractivity contribution < 1.29 is 9.32 Å². The number of fused-ring (bicyclic) bond motifs is 1. The number of nitrogens with zero attached hydrogens (tertiary/aromatic N) is 4. The lowest BCUT2D eigenvalue weighted by Gasteiger charge is -2.44. The average molecular weight is 492 g/mol. The molecule has 1 fully saturated rings. The second kappa shape index (κ2) is 9.83. The Bertz CT molecular complexity index is 1540. The van der Waals surface area contributed by atoms with E-state index >= 15 is 0 Å². The fourth-order valence-corrected chi connectivity index (χ4v) is 5.22. The van der Waals surface area contributed by atoms with Crippen LogP contribution in [0, 0.1) is 0 Å². The largest absolute Gasteiger partial charge is 0.438 e. The summed E-state index contributed by atoms with van der Waals surface area (Å²) >= 11 is 0. The first-order valence-corrected chi connectivity index (χ1v) is 12.2. The summed E-state index contributed by atoms with van der Waals surface area (Å²) in [7, 11) is 0. The number of carbonyl (C=O) groups excluding carboxylic acids is 1. The van der Waals surface area contributed by atoms with Gasteiger partial charge in [0.1, 0.15) is 0 Å². The number of amides is 1. The number of piperazine rings is 1. The third kappa shape index (κ3) is 4.43. The van der Waals surface area contributed by atoms with Crippen molar-refractivity contribution in [1.82, 2.24) is 24.9 Å². The second-order valence-corrected chi connectivity index (χ2v) is 9.12. The van der Waals surface area contributed by atoms with Crippen LogP contribution >= 0.6 is 0 Å². The molecule has 0 radical (unpaired) electrons. The Morgan fingerprint density at radius 1 is 0.892 bits per heavy atom. The molecule has 0 bridgehead atoms. The quantitative estimate of drug-likeness (QED) is 0.396. The standard InChI is InChI=1S/C29H25N5O3/c35-28(24-18-30-17-22-13-7-8-14-23(22)24)33-15-16-34(25(19-33)27-31-29(36)37-32-27)26(20-9-3-1-4-10-20)21-11-5-2-6-12-21/h1-14,17-18,25-26H,15-16,19H2,(H,31,32,36)/t25-/m1/s1. The lowest BCUT2D eigenvalue weighted by molar-refractivity contribution is 0.0352. The highest BCUT2D eigenvalue weighted by Gasteiger charge is 2.38. The number of H-pyrrole nitrogens is 1. The SMILES string of the molecule is O=C(c1cncc2ccccc12)N1CCN(C(c2ccccc2)c2ccccc2)[C@@H](c2noc(=O)[nH]2)C1. The topological polar surface area (TPSA) is 95.3 Å². The van der Waals surface area contributed by atoms with Crippen molar-refractivity contribution in [2.75, 3.05) is 19.6 Å². The number of aromatic amines is 1. The van der Waals surface area contributed by atoms with Gasteiger partial charge in [-0.15, -0.1) is 0 Å². The number of benzene rings is 3. The van der Waals surface area contributed by atoms with Crippen LogP contribution in [-0.2, 0) is 0 Å². The maximum Gasteiger partial charge on any atom is 0.438 e. The Kier molecular flexibility index (Phi) is 6.08. The van der Waals surface area contributed by atoms with Crippen LogP contribution in [0.3, 0.4) is 0 Å². The first-order chi connectivity index (χ1) is 18.2. The maximum atomic E-state index is 13.8. The first-order valence-electron chi connectivity index (χ1n) is 12.2. The molecule has 3 aromatic carbocycles. The Morgan fingerprint density at radius 2 is 1.57 bits per heavy atom. The molecule has 0 aliphatic carbocycles. The number of aromatic nitrogens is 3. The van der Waals surface area contributed by atoms with Gasteiger partial charge in [0.2, 0.25) is 0 Å². The normalized spacial score (nSPS) is 16.4.